The fourth-order valence-electron chi connectivity index (χ4n) is 2.85. The first-order valence-corrected chi connectivity index (χ1v) is 8.33. The van der Waals surface area contributed by atoms with Crippen LogP contribution in [0.5, 0.6) is 0 Å². The highest BCUT2D eigenvalue weighted by atomic mass is 16.2. The molecule has 24 heavy (non-hydrogen) atoms. The molecule has 1 fully saturated rings. The fraction of sp³-hybridized carbons (Fsp3) is 0.500. The lowest BCUT2D eigenvalue weighted by molar-refractivity contribution is 0.234. The number of carbonyl (C=O) groups excluding carboxylic acids is 1. The van der Waals surface area contributed by atoms with Gasteiger partial charge >= 0.3 is 6.03 Å². The molecule has 128 valence electrons. The molecule has 3 heterocycles. The Hall–Kier alpha value is -2.64. The maximum absolute atomic E-state index is 12.0. The summed E-state index contributed by atoms with van der Waals surface area (Å²) in [5.74, 6) is 0.727. The van der Waals surface area contributed by atoms with E-state index in [9.17, 15) is 4.79 Å². The van der Waals surface area contributed by atoms with Crippen molar-refractivity contribution >= 4 is 12.0 Å². The van der Waals surface area contributed by atoms with Gasteiger partial charge in [-0.1, -0.05) is 0 Å². The van der Waals surface area contributed by atoms with Crippen molar-refractivity contribution in [2.75, 3.05) is 24.5 Å². The Kier molecular flexibility index (Phi) is 5.60. The first-order valence-electron chi connectivity index (χ1n) is 8.33. The van der Waals surface area contributed by atoms with Gasteiger partial charge in [0.2, 0.25) is 5.95 Å². The number of amides is 2. The summed E-state index contributed by atoms with van der Waals surface area (Å²) in [4.78, 5) is 26.7. The smallest absolute Gasteiger partial charge is 0.315 e. The van der Waals surface area contributed by atoms with Crippen LogP contribution in [0.25, 0.3) is 0 Å². The number of rotatable bonds is 6. The summed E-state index contributed by atoms with van der Waals surface area (Å²) in [6.07, 6.45) is 11.8. The second-order valence-corrected chi connectivity index (χ2v) is 5.89. The van der Waals surface area contributed by atoms with Gasteiger partial charge in [-0.25, -0.2) is 19.7 Å². The third-order valence-electron chi connectivity index (χ3n) is 4.03. The number of nitrogens with one attached hydrogen (secondary N) is 2. The second-order valence-electron chi connectivity index (χ2n) is 5.89. The highest BCUT2D eigenvalue weighted by Crippen LogP contribution is 2.15. The van der Waals surface area contributed by atoms with Crippen molar-refractivity contribution < 1.29 is 4.79 Å². The molecule has 2 aromatic rings. The molecule has 2 amide bonds. The van der Waals surface area contributed by atoms with Gasteiger partial charge < -0.3 is 20.1 Å². The van der Waals surface area contributed by atoms with E-state index in [-0.39, 0.29) is 12.1 Å². The molecule has 3 rings (SSSR count). The van der Waals surface area contributed by atoms with Gasteiger partial charge in [-0.2, -0.15) is 0 Å². The van der Waals surface area contributed by atoms with E-state index in [2.05, 4.69) is 30.5 Å². The molecule has 0 unspecified atom stereocenters. The Balaban J connectivity index is 1.38. The topological polar surface area (TPSA) is 88.0 Å². The Morgan fingerprint density at radius 3 is 2.96 bits per heavy atom. The lowest BCUT2D eigenvalue weighted by Crippen LogP contribution is -2.51. The van der Waals surface area contributed by atoms with Gasteiger partial charge in [0.05, 0.1) is 6.33 Å². The van der Waals surface area contributed by atoms with Gasteiger partial charge in [0.25, 0.3) is 0 Å². The molecular weight excluding hydrogens is 306 g/mol. The lowest BCUT2D eigenvalue weighted by Gasteiger charge is -2.33. The van der Waals surface area contributed by atoms with Crippen LogP contribution in [-0.4, -0.2) is 51.2 Å². The van der Waals surface area contributed by atoms with Crippen LogP contribution in [-0.2, 0) is 6.54 Å². The molecule has 0 saturated carbocycles. The first kappa shape index (κ1) is 16.2. The van der Waals surface area contributed by atoms with Crippen molar-refractivity contribution in [3.05, 3.63) is 37.2 Å². The predicted molar refractivity (Wildman–Crippen MR) is 90.6 cm³/mol. The van der Waals surface area contributed by atoms with E-state index < -0.39 is 0 Å². The quantitative estimate of drug-likeness (QED) is 0.773. The number of carbonyl (C=O) groups is 1. The number of aryl methyl sites for hydroxylation is 1. The molecule has 0 radical (unpaired) electrons. The molecule has 1 aliphatic rings. The third-order valence-corrected chi connectivity index (χ3v) is 4.03. The van der Waals surface area contributed by atoms with Crippen LogP contribution >= 0.6 is 0 Å². The van der Waals surface area contributed by atoms with Crippen molar-refractivity contribution in [3.63, 3.8) is 0 Å². The summed E-state index contributed by atoms with van der Waals surface area (Å²) >= 11 is 0. The molecule has 0 aromatic carbocycles. The average Bonchev–Trinajstić information content (AvgIpc) is 3.13. The second kappa shape index (κ2) is 8.28. The zero-order chi connectivity index (χ0) is 16.6. The molecule has 2 N–H and O–H groups in total. The van der Waals surface area contributed by atoms with Crippen LogP contribution in [0, 0.1) is 0 Å². The van der Waals surface area contributed by atoms with E-state index >= 15 is 0 Å². The number of nitrogens with zero attached hydrogens (tertiary/aromatic N) is 5. The van der Waals surface area contributed by atoms with Crippen molar-refractivity contribution in [1.82, 2.24) is 30.2 Å². The Labute approximate surface area is 141 Å². The minimum Gasteiger partial charge on any atom is -0.339 e. The summed E-state index contributed by atoms with van der Waals surface area (Å²) < 4.78 is 2.00. The number of anilines is 1. The lowest BCUT2D eigenvalue weighted by atomic mass is 10.1. The molecule has 0 aliphatic carbocycles. The first-order chi connectivity index (χ1) is 11.8. The number of hydrogen-bond acceptors (Lipinski definition) is 5. The maximum Gasteiger partial charge on any atom is 0.315 e. The number of piperidine rings is 1. The average molecular weight is 329 g/mol. The van der Waals surface area contributed by atoms with Crippen LogP contribution in [0.2, 0.25) is 0 Å². The Morgan fingerprint density at radius 2 is 2.17 bits per heavy atom. The number of imidazole rings is 1. The van der Waals surface area contributed by atoms with Gasteiger partial charge in [0.1, 0.15) is 0 Å². The monoisotopic (exact) mass is 329 g/mol. The molecule has 0 bridgehead atoms. The highest BCUT2D eigenvalue weighted by molar-refractivity contribution is 5.74. The summed E-state index contributed by atoms with van der Waals surface area (Å²) in [7, 11) is 0. The Morgan fingerprint density at radius 1 is 1.29 bits per heavy atom. The fourth-order valence-corrected chi connectivity index (χ4v) is 2.85. The molecule has 1 saturated heterocycles. The van der Waals surface area contributed by atoms with Gasteiger partial charge in [-0.15, -0.1) is 0 Å². The standard InChI is InChI=1S/C16H23N7O/c24-16(20-7-3-9-22-11-8-17-13-22)21-14-4-1-10-23(12-14)15-18-5-2-6-19-15/h2,5-6,8,11,13-14H,1,3-4,7,9-10,12H2,(H2,20,21,24)/t14-/m0/s1. The van der Waals surface area contributed by atoms with Crippen molar-refractivity contribution in [1.29, 1.82) is 0 Å². The molecule has 8 nitrogen and oxygen atoms in total. The van der Waals surface area contributed by atoms with Gasteiger partial charge in [0, 0.05) is 57.0 Å². The van der Waals surface area contributed by atoms with Crippen LogP contribution < -0.4 is 15.5 Å². The maximum atomic E-state index is 12.0. The van der Waals surface area contributed by atoms with Crippen LogP contribution in [0.3, 0.4) is 0 Å². The minimum atomic E-state index is -0.110. The van der Waals surface area contributed by atoms with Crippen molar-refractivity contribution in [2.45, 2.75) is 31.8 Å². The summed E-state index contributed by atoms with van der Waals surface area (Å²) in [6.45, 7) is 3.16. The third kappa shape index (κ3) is 4.68. The van der Waals surface area contributed by atoms with Crippen molar-refractivity contribution in [2.24, 2.45) is 0 Å². The van der Waals surface area contributed by atoms with Gasteiger partial charge in [0.15, 0.2) is 0 Å². The molecule has 1 atom stereocenters. The number of hydrogen-bond donors (Lipinski definition) is 2. The highest BCUT2D eigenvalue weighted by Gasteiger charge is 2.22. The molecule has 0 spiro atoms. The van der Waals surface area contributed by atoms with E-state index in [0.717, 1.165) is 44.8 Å². The zero-order valence-electron chi connectivity index (χ0n) is 13.6. The van der Waals surface area contributed by atoms with Crippen LogP contribution in [0.4, 0.5) is 10.7 Å². The summed E-state index contributed by atoms with van der Waals surface area (Å²) in [6, 6.07) is 1.82. The van der Waals surface area contributed by atoms with Gasteiger partial charge in [-0.3, -0.25) is 0 Å². The molecular formula is C16H23N7O. The summed E-state index contributed by atoms with van der Waals surface area (Å²) in [5.41, 5.74) is 0. The van der Waals surface area contributed by atoms with Crippen LogP contribution in [0.1, 0.15) is 19.3 Å². The largest absolute Gasteiger partial charge is 0.339 e. The summed E-state index contributed by atoms with van der Waals surface area (Å²) in [5, 5.41) is 5.96. The molecule has 1 aliphatic heterocycles. The predicted octanol–water partition coefficient (Wildman–Crippen LogP) is 1.03. The van der Waals surface area contributed by atoms with E-state index in [0.29, 0.717) is 6.54 Å². The van der Waals surface area contributed by atoms with E-state index in [1.54, 1.807) is 31.0 Å². The van der Waals surface area contributed by atoms with E-state index in [1.807, 2.05) is 10.8 Å². The minimum absolute atomic E-state index is 0.110. The van der Waals surface area contributed by atoms with Crippen molar-refractivity contribution in [3.8, 4) is 0 Å². The van der Waals surface area contributed by atoms with E-state index in [1.165, 1.54) is 0 Å². The molecule has 8 heteroatoms. The molecule has 2 aromatic heterocycles. The zero-order valence-corrected chi connectivity index (χ0v) is 13.6. The van der Waals surface area contributed by atoms with Crippen LogP contribution in [0.15, 0.2) is 37.2 Å². The number of urea groups is 1. The normalized spacial score (nSPS) is 17.5. The van der Waals surface area contributed by atoms with E-state index in [4.69, 9.17) is 0 Å². The van der Waals surface area contributed by atoms with Gasteiger partial charge in [-0.05, 0) is 25.3 Å². The number of aromatic nitrogens is 4. The Bertz CT molecular complexity index is 617. The SMILES string of the molecule is O=C(NCCCn1ccnc1)N[C@H]1CCCN(c2ncccn2)C1.